The molecular weight excluding hydrogens is 262 g/mol. The van der Waals surface area contributed by atoms with Crippen molar-refractivity contribution in [2.75, 3.05) is 14.2 Å². The monoisotopic (exact) mass is 293 g/mol. The molecule has 0 atom stereocenters. The van der Waals surface area contributed by atoms with Crippen molar-refractivity contribution < 1.29 is 9.47 Å². The standard InChI is InChI=1S/C9H19N.C9H12O2/c1-8(2)6-5-7-9(3,4)10-8;1-7-6-8(10-2)4-5-9(7)11-3/h10H,5-7H2,1-4H3;4-6H,1-3H3. The third kappa shape index (κ3) is 5.96. The van der Waals surface area contributed by atoms with Crippen molar-refractivity contribution in [1.82, 2.24) is 5.32 Å². The van der Waals surface area contributed by atoms with Gasteiger partial charge in [0.2, 0.25) is 0 Å². The number of hydrogen-bond acceptors (Lipinski definition) is 3. The molecule has 0 aromatic heterocycles. The number of hydrogen-bond donors (Lipinski definition) is 1. The highest BCUT2D eigenvalue weighted by Gasteiger charge is 2.31. The first kappa shape index (κ1) is 17.8. The van der Waals surface area contributed by atoms with Crippen molar-refractivity contribution in [3.8, 4) is 11.5 Å². The van der Waals surface area contributed by atoms with Crippen molar-refractivity contribution in [2.24, 2.45) is 0 Å². The first-order valence-electron chi connectivity index (χ1n) is 7.67. The van der Waals surface area contributed by atoms with Crippen LogP contribution in [0.1, 0.15) is 52.5 Å². The van der Waals surface area contributed by atoms with Gasteiger partial charge in [-0.15, -0.1) is 0 Å². The molecule has 120 valence electrons. The van der Waals surface area contributed by atoms with E-state index in [4.69, 9.17) is 9.47 Å². The summed E-state index contributed by atoms with van der Waals surface area (Å²) in [6.07, 6.45) is 4.00. The SMILES string of the molecule is CC1(C)CCCC(C)(C)N1.COc1ccc(OC)c(C)c1. The van der Waals surface area contributed by atoms with Gasteiger partial charge in [0.1, 0.15) is 11.5 Å². The Morgan fingerprint density at radius 3 is 1.86 bits per heavy atom. The zero-order chi connectivity index (χ0) is 16.1. The van der Waals surface area contributed by atoms with Crippen molar-refractivity contribution in [1.29, 1.82) is 0 Å². The smallest absolute Gasteiger partial charge is 0.122 e. The lowest BCUT2D eigenvalue weighted by molar-refractivity contribution is 0.183. The summed E-state index contributed by atoms with van der Waals surface area (Å²) in [6, 6.07) is 5.72. The Hall–Kier alpha value is -1.22. The summed E-state index contributed by atoms with van der Waals surface area (Å²) in [5.41, 5.74) is 1.82. The molecule has 21 heavy (non-hydrogen) atoms. The lowest BCUT2D eigenvalue weighted by atomic mass is 9.83. The molecule has 1 heterocycles. The molecule has 1 N–H and O–H groups in total. The zero-order valence-corrected chi connectivity index (χ0v) is 14.7. The van der Waals surface area contributed by atoms with Crippen molar-refractivity contribution in [2.45, 2.75) is 65.0 Å². The summed E-state index contributed by atoms with van der Waals surface area (Å²) in [5, 5.41) is 3.63. The van der Waals surface area contributed by atoms with Crippen LogP contribution >= 0.6 is 0 Å². The molecule has 0 amide bonds. The molecule has 0 unspecified atom stereocenters. The van der Waals surface area contributed by atoms with E-state index in [9.17, 15) is 0 Å². The Kier molecular flexibility index (Phi) is 6.09. The quantitative estimate of drug-likeness (QED) is 0.880. The molecule has 1 saturated heterocycles. The summed E-state index contributed by atoms with van der Waals surface area (Å²) in [6.45, 7) is 11.1. The molecule has 2 rings (SSSR count). The lowest BCUT2D eigenvalue weighted by Gasteiger charge is -2.42. The Labute approximate surface area is 130 Å². The average molecular weight is 293 g/mol. The number of benzene rings is 1. The van der Waals surface area contributed by atoms with Crippen LogP contribution in [-0.2, 0) is 0 Å². The van der Waals surface area contributed by atoms with E-state index in [0.29, 0.717) is 11.1 Å². The lowest BCUT2D eigenvalue weighted by Crippen LogP contribution is -2.55. The first-order chi connectivity index (χ1) is 9.69. The highest BCUT2D eigenvalue weighted by atomic mass is 16.5. The maximum absolute atomic E-state index is 5.09. The van der Waals surface area contributed by atoms with Crippen LogP contribution in [0.25, 0.3) is 0 Å². The molecule has 3 nitrogen and oxygen atoms in total. The minimum atomic E-state index is 0.363. The minimum absolute atomic E-state index is 0.363. The van der Waals surface area contributed by atoms with Gasteiger partial charge in [-0.05, 0) is 77.6 Å². The molecule has 0 saturated carbocycles. The number of aryl methyl sites for hydroxylation is 1. The van der Waals surface area contributed by atoms with Crippen molar-refractivity contribution >= 4 is 0 Å². The maximum Gasteiger partial charge on any atom is 0.122 e. The van der Waals surface area contributed by atoms with Crippen LogP contribution in [0.3, 0.4) is 0 Å². The third-order valence-corrected chi connectivity index (χ3v) is 3.88. The van der Waals surface area contributed by atoms with Gasteiger partial charge in [-0.3, -0.25) is 0 Å². The van der Waals surface area contributed by atoms with E-state index in [2.05, 4.69) is 33.0 Å². The van der Waals surface area contributed by atoms with Crippen LogP contribution in [0.15, 0.2) is 18.2 Å². The molecule has 1 aliphatic rings. The van der Waals surface area contributed by atoms with Gasteiger partial charge >= 0.3 is 0 Å². The zero-order valence-electron chi connectivity index (χ0n) is 14.7. The average Bonchev–Trinajstić information content (AvgIpc) is 2.36. The van der Waals surface area contributed by atoms with Gasteiger partial charge in [-0.2, -0.15) is 0 Å². The first-order valence-corrected chi connectivity index (χ1v) is 7.67. The van der Waals surface area contributed by atoms with Gasteiger partial charge < -0.3 is 14.8 Å². The topological polar surface area (TPSA) is 30.5 Å². The Bertz CT molecular complexity index is 439. The van der Waals surface area contributed by atoms with Crippen LogP contribution in [0.2, 0.25) is 0 Å². The molecule has 0 aliphatic carbocycles. The summed E-state index contributed by atoms with van der Waals surface area (Å²) in [5.74, 6) is 1.76. The largest absolute Gasteiger partial charge is 0.497 e. The number of ether oxygens (including phenoxy) is 2. The van der Waals surface area contributed by atoms with E-state index in [1.54, 1.807) is 14.2 Å². The fourth-order valence-corrected chi connectivity index (χ4v) is 2.99. The molecule has 0 bridgehead atoms. The highest BCUT2D eigenvalue weighted by Crippen LogP contribution is 2.27. The fourth-order valence-electron chi connectivity index (χ4n) is 2.99. The van der Waals surface area contributed by atoms with Crippen molar-refractivity contribution in [3.05, 3.63) is 23.8 Å². The third-order valence-electron chi connectivity index (χ3n) is 3.88. The normalized spacial score (nSPS) is 19.2. The van der Waals surface area contributed by atoms with Crippen LogP contribution in [0.4, 0.5) is 0 Å². The van der Waals surface area contributed by atoms with Gasteiger partial charge in [-0.1, -0.05) is 0 Å². The predicted octanol–water partition coefficient (Wildman–Crippen LogP) is 4.33. The number of nitrogens with one attached hydrogen (secondary N) is 1. The number of methoxy groups -OCH3 is 2. The van der Waals surface area contributed by atoms with E-state index in [0.717, 1.165) is 17.1 Å². The van der Waals surface area contributed by atoms with Gasteiger partial charge in [0, 0.05) is 11.1 Å². The van der Waals surface area contributed by atoms with E-state index in [1.807, 2.05) is 25.1 Å². The van der Waals surface area contributed by atoms with E-state index < -0.39 is 0 Å². The Morgan fingerprint density at radius 2 is 1.52 bits per heavy atom. The van der Waals surface area contributed by atoms with Gasteiger partial charge in [0.05, 0.1) is 14.2 Å². The molecular formula is C18H31NO2. The van der Waals surface area contributed by atoms with Gasteiger partial charge in [-0.25, -0.2) is 0 Å². The van der Waals surface area contributed by atoms with Gasteiger partial charge in [0.15, 0.2) is 0 Å². The second kappa shape index (κ2) is 7.17. The fraction of sp³-hybridized carbons (Fsp3) is 0.667. The molecule has 0 radical (unpaired) electrons. The second-order valence-electron chi connectivity index (χ2n) is 7.08. The minimum Gasteiger partial charge on any atom is -0.497 e. The Morgan fingerprint density at radius 1 is 0.952 bits per heavy atom. The van der Waals surface area contributed by atoms with E-state index in [1.165, 1.54) is 19.3 Å². The molecule has 0 spiro atoms. The molecule has 3 heteroatoms. The number of rotatable bonds is 2. The van der Waals surface area contributed by atoms with Crippen LogP contribution in [0, 0.1) is 6.92 Å². The second-order valence-corrected chi connectivity index (χ2v) is 7.08. The summed E-state index contributed by atoms with van der Waals surface area (Å²) >= 11 is 0. The van der Waals surface area contributed by atoms with Crippen LogP contribution in [-0.4, -0.2) is 25.3 Å². The molecule has 1 aliphatic heterocycles. The van der Waals surface area contributed by atoms with E-state index in [-0.39, 0.29) is 0 Å². The van der Waals surface area contributed by atoms with Crippen LogP contribution < -0.4 is 14.8 Å². The highest BCUT2D eigenvalue weighted by molar-refractivity contribution is 5.39. The summed E-state index contributed by atoms with van der Waals surface area (Å²) in [4.78, 5) is 0. The molecule has 1 aromatic rings. The van der Waals surface area contributed by atoms with Crippen molar-refractivity contribution in [3.63, 3.8) is 0 Å². The molecule has 1 aromatic carbocycles. The van der Waals surface area contributed by atoms with Crippen LogP contribution in [0.5, 0.6) is 11.5 Å². The molecule has 1 fully saturated rings. The Balaban J connectivity index is 0.000000211. The predicted molar refractivity (Wildman–Crippen MR) is 89.4 cm³/mol. The maximum atomic E-state index is 5.09. The van der Waals surface area contributed by atoms with E-state index >= 15 is 0 Å². The number of piperidine rings is 1. The summed E-state index contributed by atoms with van der Waals surface area (Å²) < 4.78 is 10.1. The van der Waals surface area contributed by atoms with Gasteiger partial charge in [0.25, 0.3) is 0 Å². The summed E-state index contributed by atoms with van der Waals surface area (Å²) in [7, 11) is 3.32.